The van der Waals surface area contributed by atoms with Crippen LogP contribution in [0.4, 0.5) is 0 Å². The second-order valence-electron chi connectivity index (χ2n) is 4.17. The van der Waals surface area contributed by atoms with Gasteiger partial charge in [0, 0.05) is 12.5 Å². The molecule has 0 aliphatic rings. The van der Waals surface area contributed by atoms with Crippen molar-refractivity contribution < 1.29 is 12.8 Å². The first-order valence-electron chi connectivity index (χ1n) is 5.54. The second kappa shape index (κ2) is 4.95. The number of rotatable bonds is 5. The molecule has 2 N–H and O–H groups in total. The zero-order chi connectivity index (χ0) is 13.2. The zero-order valence-corrected chi connectivity index (χ0v) is 11.0. The van der Waals surface area contributed by atoms with Crippen LogP contribution in [0.15, 0.2) is 33.9 Å². The smallest absolute Gasteiger partial charge is 0.244 e. The fourth-order valence-electron chi connectivity index (χ4n) is 1.71. The van der Waals surface area contributed by atoms with Crippen LogP contribution in [0.25, 0.3) is 0 Å². The lowest BCUT2D eigenvalue weighted by Gasteiger charge is -2.12. The summed E-state index contributed by atoms with van der Waals surface area (Å²) in [4.78, 5) is 0.175. The summed E-state index contributed by atoms with van der Waals surface area (Å²) >= 11 is 0. The summed E-state index contributed by atoms with van der Waals surface area (Å²) in [5.74, 6) is 0.745. The third kappa shape index (κ3) is 2.80. The summed E-state index contributed by atoms with van der Waals surface area (Å²) in [7, 11) is -3.54. The molecule has 0 amide bonds. The number of sulfonamides is 1. The summed E-state index contributed by atoms with van der Waals surface area (Å²) in [5.41, 5.74) is 0.521. The van der Waals surface area contributed by atoms with Crippen molar-refractivity contribution in [3.05, 3.63) is 36.0 Å². The average molecular weight is 269 g/mol. The molecule has 0 saturated heterocycles. The minimum atomic E-state index is -3.54. The highest BCUT2D eigenvalue weighted by molar-refractivity contribution is 7.89. The van der Waals surface area contributed by atoms with E-state index in [-0.39, 0.29) is 10.9 Å². The Kier molecular flexibility index (Phi) is 3.53. The lowest BCUT2D eigenvalue weighted by Crippen LogP contribution is -2.34. The van der Waals surface area contributed by atoms with Crippen LogP contribution in [0.1, 0.15) is 18.4 Å². The van der Waals surface area contributed by atoms with Gasteiger partial charge < -0.3 is 4.42 Å². The molecule has 0 fully saturated rings. The van der Waals surface area contributed by atoms with Gasteiger partial charge in [0.2, 0.25) is 10.0 Å². The molecule has 1 atom stereocenters. The summed E-state index contributed by atoms with van der Waals surface area (Å²) in [6, 6.07) is 3.33. The lowest BCUT2D eigenvalue weighted by atomic mass is 10.2. The zero-order valence-electron chi connectivity index (χ0n) is 10.2. The topological polar surface area (TPSA) is 88.0 Å². The SMILES string of the molecule is Cc1[nH]ncc1S(=O)(=O)NC(C)Cc1ccco1. The molecule has 2 aromatic heterocycles. The van der Waals surface area contributed by atoms with E-state index in [1.54, 1.807) is 26.2 Å². The predicted octanol–water partition coefficient (Wildman–Crippen LogP) is 1.22. The molecule has 2 aromatic rings. The van der Waals surface area contributed by atoms with Crippen LogP contribution >= 0.6 is 0 Å². The maximum Gasteiger partial charge on any atom is 0.244 e. The number of hydrogen-bond donors (Lipinski definition) is 2. The number of hydrogen-bond acceptors (Lipinski definition) is 4. The fourth-order valence-corrected chi connectivity index (χ4v) is 3.09. The molecule has 1 unspecified atom stereocenters. The number of aromatic amines is 1. The predicted molar refractivity (Wildman–Crippen MR) is 65.5 cm³/mol. The minimum absolute atomic E-state index is 0.175. The van der Waals surface area contributed by atoms with Crippen molar-refractivity contribution >= 4 is 10.0 Å². The van der Waals surface area contributed by atoms with Gasteiger partial charge in [-0.25, -0.2) is 13.1 Å². The van der Waals surface area contributed by atoms with Gasteiger partial charge in [0.15, 0.2) is 0 Å². The van der Waals surface area contributed by atoms with Crippen molar-refractivity contribution in [1.29, 1.82) is 0 Å². The monoisotopic (exact) mass is 269 g/mol. The number of nitrogens with one attached hydrogen (secondary N) is 2. The normalized spacial score (nSPS) is 13.7. The Hall–Kier alpha value is -1.60. The maximum atomic E-state index is 12.1. The van der Waals surface area contributed by atoms with Crippen LogP contribution in [-0.2, 0) is 16.4 Å². The number of nitrogens with zero attached hydrogens (tertiary/aromatic N) is 1. The molecule has 18 heavy (non-hydrogen) atoms. The first kappa shape index (κ1) is 12.8. The Morgan fingerprint density at radius 2 is 2.33 bits per heavy atom. The number of aryl methyl sites for hydroxylation is 1. The van der Waals surface area contributed by atoms with E-state index in [0.29, 0.717) is 12.1 Å². The molecule has 0 saturated carbocycles. The molecule has 7 heteroatoms. The average Bonchev–Trinajstić information content (AvgIpc) is 2.88. The standard InChI is InChI=1S/C11H15N3O3S/c1-8(6-10-4-3-5-17-10)14-18(15,16)11-7-12-13-9(11)2/h3-5,7-8,14H,6H2,1-2H3,(H,12,13). The first-order valence-corrected chi connectivity index (χ1v) is 7.02. The molecule has 0 aromatic carbocycles. The number of H-pyrrole nitrogens is 1. The molecule has 6 nitrogen and oxygen atoms in total. The number of furan rings is 1. The van der Waals surface area contributed by atoms with Crippen molar-refractivity contribution in [2.24, 2.45) is 0 Å². The minimum Gasteiger partial charge on any atom is -0.469 e. The first-order chi connectivity index (χ1) is 8.49. The molecule has 2 heterocycles. The summed E-state index contributed by atoms with van der Waals surface area (Å²) in [6.07, 6.45) is 3.37. The van der Waals surface area contributed by atoms with E-state index in [4.69, 9.17) is 4.42 Å². The van der Waals surface area contributed by atoms with Crippen LogP contribution in [0.2, 0.25) is 0 Å². The van der Waals surface area contributed by atoms with Crippen molar-refractivity contribution in [2.75, 3.05) is 0 Å². The van der Waals surface area contributed by atoms with Crippen molar-refractivity contribution in [3.63, 3.8) is 0 Å². The Labute approximate surface area is 105 Å². The molecule has 0 aliphatic carbocycles. The van der Waals surface area contributed by atoms with Gasteiger partial charge in [-0.1, -0.05) is 0 Å². The van der Waals surface area contributed by atoms with Gasteiger partial charge >= 0.3 is 0 Å². The largest absolute Gasteiger partial charge is 0.469 e. The maximum absolute atomic E-state index is 12.1. The molecule has 0 aliphatic heterocycles. The lowest BCUT2D eigenvalue weighted by molar-refractivity contribution is 0.479. The van der Waals surface area contributed by atoms with Crippen molar-refractivity contribution in [2.45, 2.75) is 31.2 Å². The third-order valence-corrected chi connectivity index (χ3v) is 4.22. The van der Waals surface area contributed by atoms with E-state index >= 15 is 0 Å². The second-order valence-corrected chi connectivity index (χ2v) is 5.85. The third-order valence-electron chi connectivity index (χ3n) is 2.52. The van der Waals surface area contributed by atoms with Gasteiger partial charge in [-0.05, 0) is 26.0 Å². The van der Waals surface area contributed by atoms with Crippen LogP contribution in [0.5, 0.6) is 0 Å². The Bertz CT molecular complexity index is 601. The molecule has 2 rings (SSSR count). The fraction of sp³-hybridized carbons (Fsp3) is 0.364. The highest BCUT2D eigenvalue weighted by atomic mass is 32.2. The molecule has 0 spiro atoms. The summed E-state index contributed by atoms with van der Waals surface area (Å²) < 4.78 is 31.9. The van der Waals surface area contributed by atoms with Gasteiger partial charge in [-0.2, -0.15) is 5.10 Å². The summed E-state index contributed by atoms with van der Waals surface area (Å²) in [6.45, 7) is 3.45. The van der Waals surface area contributed by atoms with Gasteiger partial charge in [0.1, 0.15) is 10.7 Å². The molecule has 98 valence electrons. The van der Waals surface area contributed by atoms with E-state index < -0.39 is 10.0 Å². The van der Waals surface area contributed by atoms with E-state index in [2.05, 4.69) is 14.9 Å². The quantitative estimate of drug-likeness (QED) is 0.854. The van der Waals surface area contributed by atoms with Crippen LogP contribution < -0.4 is 4.72 Å². The summed E-state index contributed by atoms with van der Waals surface area (Å²) in [5, 5.41) is 6.31. The highest BCUT2D eigenvalue weighted by Gasteiger charge is 2.21. The van der Waals surface area contributed by atoms with E-state index in [1.807, 2.05) is 6.07 Å². The van der Waals surface area contributed by atoms with Gasteiger partial charge in [-0.3, -0.25) is 5.10 Å². The van der Waals surface area contributed by atoms with Gasteiger partial charge in [0.05, 0.1) is 18.2 Å². The van der Waals surface area contributed by atoms with Crippen LogP contribution in [-0.4, -0.2) is 24.7 Å². The molecule has 0 bridgehead atoms. The Morgan fingerprint density at radius 3 is 2.89 bits per heavy atom. The van der Waals surface area contributed by atoms with Crippen molar-refractivity contribution in [1.82, 2.24) is 14.9 Å². The van der Waals surface area contributed by atoms with Crippen molar-refractivity contribution in [3.8, 4) is 0 Å². The molecular weight excluding hydrogens is 254 g/mol. The highest BCUT2D eigenvalue weighted by Crippen LogP contribution is 2.12. The number of aromatic nitrogens is 2. The van der Waals surface area contributed by atoms with E-state index in [0.717, 1.165) is 5.76 Å². The Balaban J connectivity index is 2.07. The molecule has 0 radical (unpaired) electrons. The van der Waals surface area contributed by atoms with E-state index in [9.17, 15) is 8.42 Å². The van der Waals surface area contributed by atoms with Crippen LogP contribution in [0, 0.1) is 6.92 Å². The Morgan fingerprint density at radius 1 is 1.56 bits per heavy atom. The molecular formula is C11H15N3O3S. The van der Waals surface area contributed by atoms with Crippen LogP contribution in [0.3, 0.4) is 0 Å². The van der Waals surface area contributed by atoms with Gasteiger partial charge in [-0.15, -0.1) is 0 Å². The van der Waals surface area contributed by atoms with E-state index in [1.165, 1.54) is 6.20 Å². The van der Waals surface area contributed by atoms with Gasteiger partial charge in [0.25, 0.3) is 0 Å².